The van der Waals surface area contributed by atoms with Crippen LogP contribution in [-0.2, 0) is 11.2 Å². The van der Waals surface area contributed by atoms with Crippen molar-refractivity contribution in [2.75, 3.05) is 31.2 Å². The molecule has 1 aliphatic heterocycles. The summed E-state index contributed by atoms with van der Waals surface area (Å²) in [5.74, 6) is 0.808. The summed E-state index contributed by atoms with van der Waals surface area (Å²) < 4.78 is 6.83. The number of nitrogens with zero attached hydrogens (tertiary/aromatic N) is 4. The Hall–Kier alpha value is -2.15. The number of morpholine rings is 1. The molecule has 3 rings (SSSR count). The first-order valence-corrected chi connectivity index (χ1v) is 8.06. The molecule has 0 saturated carbocycles. The topological polar surface area (TPSA) is 80.0 Å². The molecule has 3 heterocycles. The number of rotatable bonds is 4. The predicted molar refractivity (Wildman–Crippen MR) is 87.3 cm³/mol. The number of hydrogen-bond acceptors (Lipinski definition) is 6. The van der Waals surface area contributed by atoms with Crippen LogP contribution in [0.1, 0.15) is 31.0 Å². The molecule has 1 fully saturated rings. The Balaban J connectivity index is 2.09. The Bertz CT molecular complexity index is 766. The summed E-state index contributed by atoms with van der Waals surface area (Å²) in [6.07, 6.45) is 2.32. The average molecular weight is 318 g/mol. The van der Waals surface area contributed by atoms with Crippen molar-refractivity contribution in [1.82, 2.24) is 14.4 Å². The second kappa shape index (κ2) is 6.54. The molecule has 2 aromatic rings. The molecule has 0 atom stereocenters. The summed E-state index contributed by atoms with van der Waals surface area (Å²) in [6.45, 7) is 6.74. The lowest BCUT2D eigenvalue weighted by Crippen LogP contribution is -2.37. The zero-order valence-corrected chi connectivity index (χ0v) is 13.6. The normalized spacial score (nSPS) is 15.3. The fraction of sp³-hybridized carbons (Fsp3) is 0.562. The Morgan fingerprint density at radius 1 is 1.30 bits per heavy atom. The Morgan fingerprint density at radius 3 is 2.74 bits per heavy atom. The lowest BCUT2D eigenvalue weighted by Gasteiger charge is -2.28. The van der Waals surface area contributed by atoms with E-state index in [-0.39, 0.29) is 17.2 Å². The number of ether oxygens (including phenoxy) is 1. The van der Waals surface area contributed by atoms with Gasteiger partial charge in [-0.25, -0.2) is 4.40 Å². The van der Waals surface area contributed by atoms with Crippen LogP contribution in [0, 0.1) is 6.92 Å². The fourth-order valence-electron chi connectivity index (χ4n) is 2.84. The van der Waals surface area contributed by atoms with E-state index in [0.717, 1.165) is 37.4 Å². The van der Waals surface area contributed by atoms with Crippen LogP contribution >= 0.6 is 0 Å². The summed E-state index contributed by atoms with van der Waals surface area (Å²) in [4.78, 5) is 23.4. The van der Waals surface area contributed by atoms with Crippen molar-refractivity contribution < 1.29 is 9.84 Å². The number of aryl methyl sites for hydroxylation is 1. The molecule has 0 radical (unpaired) electrons. The van der Waals surface area contributed by atoms with Crippen molar-refractivity contribution in [2.24, 2.45) is 0 Å². The van der Waals surface area contributed by atoms with Gasteiger partial charge < -0.3 is 14.7 Å². The zero-order valence-electron chi connectivity index (χ0n) is 13.6. The van der Waals surface area contributed by atoms with Gasteiger partial charge in [-0.2, -0.15) is 9.97 Å². The Morgan fingerprint density at radius 2 is 2.04 bits per heavy atom. The van der Waals surface area contributed by atoms with Crippen LogP contribution in [0.2, 0.25) is 0 Å². The summed E-state index contributed by atoms with van der Waals surface area (Å²) in [5.41, 5.74) is 0.916. The van der Waals surface area contributed by atoms with E-state index in [9.17, 15) is 9.90 Å². The lowest BCUT2D eigenvalue weighted by molar-refractivity contribution is 0.122. The molecule has 7 heteroatoms. The van der Waals surface area contributed by atoms with E-state index in [2.05, 4.69) is 14.9 Å². The Labute approximate surface area is 134 Å². The molecule has 23 heavy (non-hydrogen) atoms. The van der Waals surface area contributed by atoms with Crippen molar-refractivity contribution in [3.05, 3.63) is 27.7 Å². The molecule has 0 aliphatic carbocycles. The molecule has 1 saturated heterocycles. The van der Waals surface area contributed by atoms with E-state index in [1.807, 2.05) is 19.9 Å². The maximum atomic E-state index is 12.7. The van der Waals surface area contributed by atoms with Crippen LogP contribution < -0.4 is 10.5 Å². The first-order valence-electron chi connectivity index (χ1n) is 8.06. The fourth-order valence-corrected chi connectivity index (χ4v) is 2.84. The van der Waals surface area contributed by atoms with E-state index in [0.29, 0.717) is 25.2 Å². The van der Waals surface area contributed by atoms with Gasteiger partial charge in [0.25, 0.3) is 5.56 Å². The van der Waals surface area contributed by atoms with Crippen LogP contribution in [0.15, 0.2) is 10.9 Å². The lowest BCUT2D eigenvalue weighted by atomic mass is 10.1. The van der Waals surface area contributed by atoms with Gasteiger partial charge in [-0.3, -0.25) is 4.79 Å². The first-order chi connectivity index (χ1) is 11.1. The molecule has 0 spiro atoms. The van der Waals surface area contributed by atoms with E-state index < -0.39 is 0 Å². The van der Waals surface area contributed by atoms with Gasteiger partial charge in [0.05, 0.1) is 18.8 Å². The quantitative estimate of drug-likeness (QED) is 0.915. The number of unbranched alkanes of at least 4 members (excludes halogenated alkanes) is 1. The molecule has 7 nitrogen and oxygen atoms in total. The summed E-state index contributed by atoms with van der Waals surface area (Å²) in [5, 5.41) is 10.1. The van der Waals surface area contributed by atoms with Gasteiger partial charge in [0.1, 0.15) is 5.82 Å². The third-order valence-electron chi connectivity index (χ3n) is 4.16. The van der Waals surface area contributed by atoms with E-state index in [1.54, 1.807) is 0 Å². The number of anilines is 1. The van der Waals surface area contributed by atoms with Crippen molar-refractivity contribution >= 4 is 11.6 Å². The molecule has 124 valence electrons. The third kappa shape index (κ3) is 3.01. The van der Waals surface area contributed by atoms with Crippen LogP contribution in [0.3, 0.4) is 0 Å². The van der Waals surface area contributed by atoms with Crippen molar-refractivity contribution in [3.8, 4) is 5.88 Å². The molecule has 0 amide bonds. The smallest absolute Gasteiger partial charge is 0.266 e. The van der Waals surface area contributed by atoms with E-state index in [1.165, 1.54) is 4.40 Å². The second-order valence-electron chi connectivity index (χ2n) is 5.81. The zero-order chi connectivity index (χ0) is 16.4. The van der Waals surface area contributed by atoms with Crippen LogP contribution in [-0.4, -0.2) is 45.8 Å². The number of hydrogen-bond donors (Lipinski definition) is 1. The molecule has 1 N–H and O–H groups in total. The second-order valence-corrected chi connectivity index (χ2v) is 5.81. The van der Waals surface area contributed by atoms with Crippen LogP contribution in [0.5, 0.6) is 5.88 Å². The molecule has 0 bridgehead atoms. The molecule has 0 unspecified atom stereocenters. The van der Waals surface area contributed by atoms with Gasteiger partial charge in [0.2, 0.25) is 11.7 Å². The van der Waals surface area contributed by atoms with Gasteiger partial charge in [-0.15, -0.1) is 0 Å². The third-order valence-corrected chi connectivity index (χ3v) is 4.16. The van der Waals surface area contributed by atoms with Crippen molar-refractivity contribution in [2.45, 2.75) is 33.1 Å². The highest BCUT2D eigenvalue weighted by Crippen LogP contribution is 2.18. The SMILES string of the molecule is CCCCc1c(O)nc2nc(N3CCOCC3)cc(C)n2c1=O. The van der Waals surface area contributed by atoms with Crippen molar-refractivity contribution in [1.29, 1.82) is 0 Å². The van der Waals surface area contributed by atoms with Crippen molar-refractivity contribution in [3.63, 3.8) is 0 Å². The standard InChI is InChI=1S/C16H22N4O3/c1-3-4-5-12-14(21)18-16-17-13(19-6-8-23-9-7-19)10-11(2)20(16)15(12)22/h10,21H,3-9H2,1-2H3. The predicted octanol–water partition coefficient (Wildman–Crippen LogP) is 1.28. The first kappa shape index (κ1) is 15.7. The largest absolute Gasteiger partial charge is 0.493 e. The van der Waals surface area contributed by atoms with Gasteiger partial charge in [0, 0.05) is 24.8 Å². The number of fused-ring (bicyclic) bond motifs is 1. The average Bonchev–Trinajstić information content (AvgIpc) is 2.54. The maximum Gasteiger partial charge on any atom is 0.266 e. The van der Waals surface area contributed by atoms with Crippen LogP contribution in [0.25, 0.3) is 5.78 Å². The highest BCUT2D eigenvalue weighted by molar-refractivity contribution is 5.48. The molecule has 1 aliphatic rings. The summed E-state index contributed by atoms with van der Waals surface area (Å²) in [7, 11) is 0. The van der Waals surface area contributed by atoms with Gasteiger partial charge in [0.15, 0.2) is 0 Å². The Kier molecular flexibility index (Phi) is 4.47. The van der Waals surface area contributed by atoms with Gasteiger partial charge >= 0.3 is 0 Å². The highest BCUT2D eigenvalue weighted by Gasteiger charge is 2.18. The maximum absolute atomic E-state index is 12.7. The molecular weight excluding hydrogens is 296 g/mol. The minimum atomic E-state index is -0.223. The minimum Gasteiger partial charge on any atom is -0.493 e. The number of aromatic hydroxyl groups is 1. The van der Waals surface area contributed by atoms with E-state index >= 15 is 0 Å². The van der Waals surface area contributed by atoms with Gasteiger partial charge in [-0.1, -0.05) is 13.3 Å². The molecule has 0 aromatic carbocycles. The minimum absolute atomic E-state index is 0.200. The molecule has 2 aromatic heterocycles. The monoisotopic (exact) mass is 318 g/mol. The summed E-state index contributed by atoms with van der Waals surface area (Å²) >= 11 is 0. The highest BCUT2D eigenvalue weighted by atomic mass is 16.5. The molecular formula is C16H22N4O3. The van der Waals surface area contributed by atoms with E-state index in [4.69, 9.17) is 4.74 Å². The summed E-state index contributed by atoms with van der Waals surface area (Å²) in [6, 6.07) is 1.89. The number of aromatic nitrogens is 3. The van der Waals surface area contributed by atoms with Gasteiger partial charge in [-0.05, 0) is 19.8 Å². The van der Waals surface area contributed by atoms with Crippen LogP contribution in [0.4, 0.5) is 5.82 Å².